The second-order valence-electron chi connectivity index (χ2n) is 5.69. The predicted molar refractivity (Wildman–Crippen MR) is 82.9 cm³/mol. The first kappa shape index (κ1) is 14.1. The molecule has 0 aliphatic heterocycles. The molecule has 3 rings (SSSR count). The Morgan fingerprint density at radius 1 is 1.14 bits per heavy atom. The van der Waals surface area contributed by atoms with Crippen LogP contribution in [0.15, 0.2) is 48.5 Å². The molecule has 2 nitrogen and oxygen atoms in total. The maximum atomic E-state index is 12.9. The number of hydrogen-bond acceptors (Lipinski definition) is 2. The van der Waals surface area contributed by atoms with Gasteiger partial charge in [-0.05, 0) is 54.2 Å². The zero-order chi connectivity index (χ0) is 14.7. The van der Waals surface area contributed by atoms with Gasteiger partial charge in [0.05, 0.1) is 6.61 Å². The van der Waals surface area contributed by atoms with Gasteiger partial charge < -0.3 is 10.1 Å². The summed E-state index contributed by atoms with van der Waals surface area (Å²) in [5.74, 6) is 0.382. The maximum Gasteiger partial charge on any atom is 0.123 e. The molecule has 1 saturated carbocycles. The highest BCUT2D eigenvalue weighted by Gasteiger charge is 2.30. The molecule has 0 unspecified atom stereocenters. The van der Waals surface area contributed by atoms with Crippen LogP contribution in [-0.4, -0.2) is 13.2 Å². The van der Waals surface area contributed by atoms with Crippen LogP contribution in [0.1, 0.15) is 29.9 Å². The molecule has 1 aliphatic rings. The minimum Gasteiger partial charge on any atom is -0.382 e. The van der Waals surface area contributed by atoms with Crippen molar-refractivity contribution in [2.45, 2.75) is 31.4 Å². The molecule has 0 bridgehead atoms. The summed E-state index contributed by atoms with van der Waals surface area (Å²) in [4.78, 5) is 0. The van der Waals surface area contributed by atoms with Crippen LogP contribution in [0, 0.1) is 5.82 Å². The van der Waals surface area contributed by atoms with Crippen LogP contribution in [0.4, 0.5) is 10.1 Å². The molecule has 0 aromatic heterocycles. The van der Waals surface area contributed by atoms with Crippen molar-refractivity contribution < 1.29 is 9.13 Å². The van der Waals surface area contributed by atoms with E-state index in [2.05, 4.69) is 23.5 Å². The molecular weight excluding hydrogens is 265 g/mol. The fourth-order valence-electron chi connectivity index (χ4n) is 2.90. The van der Waals surface area contributed by atoms with Crippen LogP contribution in [0.5, 0.6) is 0 Å². The number of benzene rings is 2. The maximum absolute atomic E-state index is 12.9. The Hall–Kier alpha value is -1.87. The second-order valence-corrected chi connectivity index (χ2v) is 5.69. The van der Waals surface area contributed by atoms with Gasteiger partial charge in [-0.2, -0.15) is 0 Å². The molecule has 110 valence electrons. The Labute approximate surface area is 125 Å². The Morgan fingerprint density at radius 3 is 2.62 bits per heavy atom. The molecule has 3 heteroatoms. The molecule has 0 atom stereocenters. The highest BCUT2D eigenvalue weighted by molar-refractivity contribution is 5.47. The first-order valence-corrected chi connectivity index (χ1v) is 7.34. The second kappa shape index (κ2) is 6.27. The summed E-state index contributed by atoms with van der Waals surface area (Å²) < 4.78 is 18.1. The molecule has 1 N–H and O–H groups in total. The molecule has 0 spiro atoms. The molecule has 0 amide bonds. The minimum atomic E-state index is -0.164. The zero-order valence-electron chi connectivity index (χ0n) is 12.2. The van der Waals surface area contributed by atoms with E-state index in [0.29, 0.717) is 18.6 Å². The van der Waals surface area contributed by atoms with Crippen molar-refractivity contribution in [2.24, 2.45) is 0 Å². The van der Waals surface area contributed by atoms with Gasteiger partial charge >= 0.3 is 0 Å². The van der Waals surface area contributed by atoms with Gasteiger partial charge in [0.25, 0.3) is 0 Å². The third kappa shape index (κ3) is 3.42. The van der Waals surface area contributed by atoms with Gasteiger partial charge in [-0.15, -0.1) is 0 Å². The Morgan fingerprint density at radius 2 is 1.90 bits per heavy atom. The average Bonchev–Trinajstić information content (AvgIpc) is 2.45. The summed E-state index contributed by atoms with van der Waals surface area (Å²) in [6.45, 7) is 0.637. The first-order chi connectivity index (χ1) is 10.2. The van der Waals surface area contributed by atoms with E-state index in [1.54, 1.807) is 19.2 Å². The van der Waals surface area contributed by atoms with Crippen LogP contribution >= 0.6 is 0 Å². The molecule has 2 aromatic carbocycles. The van der Waals surface area contributed by atoms with Gasteiger partial charge in [0.2, 0.25) is 0 Å². The Balaban J connectivity index is 1.55. The number of methoxy groups -OCH3 is 1. The number of nitrogens with one attached hydrogen (secondary N) is 1. The van der Waals surface area contributed by atoms with Crippen LogP contribution in [0.25, 0.3) is 0 Å². The van der Waals surface area contributed by atoms with Crippen molar-refractivity contribution in [1.82, 2.24) is 0 Å². The average molecular weight is 285 g/mol. The molecule has 2 aromatic rings. The minimum absolute atomic E-state index is 0.164. The van der Waals surface area contributed by atoms with Crippen molar-refractivity contribution >= 4 is 5.69 Å². The number of rotatable bonds is 5. The number of anilines is 1. The Kier molecular flexibility index (Phi) is 4.20. The normalized spacial score (nSPS) is 20.9. The highest BCUT2D eigenvalue weighted by Crippen LogP contribution is 2.38. The van der Waals surface area contributed by atoms with Gasteiger partial charge in [-0.1, -0.05) is 24.3 Å². The summed E-state index contributed by atoms with van der Waals surface area (Å²) in [5, 5.41) is 3.56. The van der Waals surface area contributed by atoms with E-state index in [0.717, 1.165) is 18.5 Å². The van der Waals surface area contributed by atoms with Crippen molar-refractivity contribution in [3.8, 4) is 0 Å². The van der Waals surface area contributed by atoms with E-state index >= 15 is 0 Å². The van der Waals surface area contributed by atoms with Gasteiger partial charge in [0.1, 0.15) is 5.82 Å². The van der Waals surface area contributed by atoms with Gasteiger partial charge in [-0.3, -0.25) is 0 Å². The summed E-state index contributed by atoms with van der Waals surface area (Å²) in [6, 6.07) is 15.7. The smallest absolute Gasteiger partial charge is 0.123 e. The van der Waals surface area contributed by atoms with Gasteiger partial charge in [0, 0.05) is 18.8 Å². The molecule has 0 heterocycles. The van der Waals surface area contributed by atoms with Gasteiger partial charge in [-0.25, -0.2) is 4.39 Å². The molecule has 1 aliphatic carbocycles. The molecule has 0 radical (unpaired) electrons. The van der Waals surface area contributed by atoms with Crippen LogP contribution < -0.4 is 5.32 Å². The van der Waals surface area contributed by atoms with Crippen LogP contribution in [0.2, 0.25) is 0 Å². The number of halogens is 1. The highest BCUT2D eigenvalue weighted by atomic mass is 19.1. The standard InChI is InChI=1S/C18H20FNO/c1-21-12-13-3-2-4-17(9-13)20-18-10-15(11-18)14-5-7-16(19)8-6-14/h2-9,15,18,20H,10-12H2,1H3. The largest absolute Gasteiger partial charge is 0.382 e. The Bertz CT molecular complexity index is 590. The number of ether oxygens (including phenoxy) is 1. The van der Waals surface area contributed by atoms with Crippen molar-refractivity contribution in [3.05, 3.63) is 65.5 Å². The molecular formula is C18H20FNO. The molecule has 1 fully saturated rings. The van der Waals surface area contributed by atoms with Crippen LogP contribution in [-0.2, 0) is 11.3 Å². The SMILES string of the molecule is COCc1cccc(NC2CC(c3ccc(F)cc3)C2)c1. The van der Waals surface area contributed by atoms with E-state index in [1.807, 2.05) is 18.2 Å². The van der Waals surface area contributed by atoms with Crippen molar-refractivity contribution in [1.29, 1.82) is 0 Å². The van der Waals surface area contributed by atoms with Crippen molar-refractivity contribution in [2.75, 3.05) is 12.4 Å². The third-order valence-electron chi connectivity index (χ3n) is 4.09. The lowest BCUT2D eigenvalue weighted by Gasteiger charge is -2.37. The quantitative estimate of drug-likeness (QED) is 0.883. The molecule has 21 heavy (non-hydrogen) atoms. The van der Waals surface area contributed by atoms with E-state index in [-0.39, 0.29) is 5.82 Å². The summed E-state index contributed by atoms with van der Waals surface area (Å²) >= 11 is 0. The van der Waals surface area contributed by atoms with Gasteiger partial charge in [0.15, 0.2) is 0 Å². The van der Waals surface area contributed by atoms with E-state index in [9.17, 15) is 4.39 Å². The first-order valence-electron chi connectivity index (χ1n) is 7.34. The van der Waals surface area contributed by atoms with E-state index in [1.165, 1.54) is 11.1 Å². The summed E-state index contributed by atoms with van der Waals surface area (Å²) in [5.41, 5.74) is 3.56. The predicted octanol–water partition coefficient (Wildman–Crippen LogP) is 4.33. The topological polar surface area (TPSA) is 21.3 Å². The summed E-state index contributed by atoms with van der Waals surface area (Å²) in [7, 11) is 1.71. The lowest BCUT2D eigenvalue weighted by molar-refractivity contribution is 0.185. The fraction of sp³-hybridized carbons (Fsp3) is 0.333. The third-order valence-corrected chi connectivity index (χ3v) is 4.09. The lowest BCUT2D eigenvalue weighted by Crippen LogP contribution is -2.34. The van der Waals surface area contributed by atoms with E-state index < -0.39 is 0 Å². The fourth-order valence-corrected chi connectivity index (χ4v) is 2.90. The number of hydrogen-bond donors (Lipinski definition) is 1. The summed E-state index contributed by atoms with van der Waals surface area (Å²) in [6.07, 6.45) is 2.19. The van der Waals surface area contributed by atoms with Crippen LogP contribution in [0.3, 0.4) is 0 Å². The zero-order valence-corrected chi connectivity index (χ0v) is 12.2. The van der Waals surface area contributed by atoms with E-state index in [4.69, 9.17) is 4.74 Å². The molecule has 0 saturated heterocycles. The lowest BCUT2D eigenvalue weighted by atomic mass is 9.76. The monoisotopic (exact) mass is 285 g/mol. The van der Waals surface area contributed by atoms with Crippen molar-refractivity contribution in [3.63, 3.8) is 0 Å².